The van der Waals surface area contributed by atoms with Crippen molar-refractivity contribution < 1.29 is 9.52 Å². The molecule has 16 heavy (non-hydrogen) atoms. The van der Waals surface area contributed by atoms with Gasteiger partial charge in [0.25, 0.3) is 5.56 Å². The molecular weight excluding hydrogens is 234 g/mol. The third-order valence-electron chi connectivity index (χ3n) is 2.16. The van der Waals surface area contributed by atoms with Crippen molar-refractivity contribution in [3.8, 4) is 0 Å². The van der Waals surface area contributed by atoms with Crippen LogP contribution in [0.2, 0.25) is 5.02 Å². The fourth-order valence-corrected chi connectivity index (χ4v) is 1.59. The SMILES string of the molecule is O=c1oc2cc(Cl)ccc2c(=O)n1CCO. The molecule has 5 nitrogen and oxygen atoms in total. The minimum Gasteiger partial charge on any atom is -0.409 e. The number of aromatic nitrogens is 1. The van der Waals surface area contributed by atoms with Crippen LogP contribution < -0.4 is 11.3 Å². The quantitative estimate of drug-likeness (QED) is 0.836. The number of fused-ring (bicyclic) bond motifs is 1. The molecule has 1 aromatic carbocycles. The van der Waals surface area contributed by atoms with Gasteiger partial charge in [-0.3, -0.25) is 4.79 Å². The first-order valence-electron chi connectivity index (χ1n) is 4.57. The van der Waals surface area contributed by atoms with Crippen molar-refractivity contribution in [1.29, 1.82) is 0 Å². The Kier molecular flexibility index (Phi) is 2.80. The third-order valence-corrected chi connectivity index (χ3v) is 2.40. The van der Waals surface area contributed by atoms with Crippen LogP contribution in [0.1, 0.15) is 0 Å². The Morgan fingerprint density at radius 1 is 1.38 bits per heavy atom. The van der Waals surface area contributed by atoms with E-state index in [0.29, 0.717) is 5.02 Å². The highest BCUT2D eigenvalue weighted by Gasteiger charge is 2.09. The second kappa shape index (κ2) is 4.11. The van der Waals surface area contributed by atoms with Crippen LogP contribution in [0.4, 0.5) is 0 Å². The van der Waals surface area contributed by atoms with Crippen LogP contribution >= 0.6 is 11.6 Å². The fourth-order valence-electron chi connectivity index (χ4n) is 1.43. The van der Waals surface area contributed by atoms with Gasteiger partial charge in [0.05, 0.1) is 18.5 Å². The summed E-state index contributed by atoms with van der Waals surface area (Å²) in [6.45, 7) is -0.385. The first-order valence-corrected chi connectivity index (χ1v) is 4.95. The molecule has 0 atom stereocenters. The van der Waals surface area contributed by atoms with Gasteiger partial charge in [0.1, 0.15) is 5.58 Å². The monoisotopic (exact) mass is 241 g/mol. The maximum absolute atomic E-state index is 11.8. The molecule has 0 saturated carbocycles. The summed E-state index contributed by atoms with van der Waals surface area (Å²) in [7, 11) is 0. The van der Waals surface area contributed by atoms with E-state index in [-0.39, 0.29) is 24.1 Å². The van der Waals surface area contributed by atoms with Gasteiger partial charge in [-0.1, -0.05) is 11.6 Å². The number of rotatable bonds is 2. The van der Waals surface area contributed by atoms with E-state index in [9.17, 15) is 9.59 Å². The Hall–Kier alpha value is -1.59. The highest BCUT2D eigenvalue weighted by molar-refractivity contribution is 6.31. The molecule has 84 valence electrons. The van der Waals surface area contributed by atoms with Gasteiger partial charge in [-0.05, 0) is 12.1 Å². The van der Waals surface area contributed by atoms with Crippen molar-refractivity contribution in [2.45, 2.75) is 6.54 Å². The molecular formula is C10H8ClNO4. The van der Waals surface area contributed by atoms with Crippen LogP contribution in [0.15, 0.2) is 32.2 Å². The number of benzene rings is 1. The van der Waals surface area contributed by atoms with Crippen LogP contribution in [0.3, 0.4) is 0 Å². The van der Waals surface area contributed by atoms with E-state index < -0.39 is 11.3 Å². The van der Waals surface area contributed by atoms with Crippen molar-refractivity contribution in [2.75, 3.05) is 6.61 Å². The molecule has 0 aliphatic carbocycles. The summed E-state index contributed by atoms with van der Waals surface area (Å²) in [5.41, 5.74) is -0.339. The summed E-state index contributed by atoms with van der Waals surface area (Å²) in [6, 6.07) is 4.42. The fraction of sp³-hybridized carbons (Fsp3) is 0.200. The molecule has 2 rings (SSSR count). The smallest absolute Gasteiger partial charge is 0.409 e. The van der Waals surface area contributed by atoms with Crippen LogP contribution in [-0.4, -0.2) is 16.3 Å². The van der Waals surface area contributed by atoms with Gasteiger partial charge in [-0.2, -0.15) is 0 Å². The van der Waals surface area contributed by atoms with Crippen molar-refractivity contribution >= 4 is 22.6 Å². The van der Waals surface area contributed by atoms with Crippen LogP contribution in [0, 0.1) is 0 Å². The summed E-state index contributed by atoms with van der Waals surface area (Å²) in [6.07, 6.45) is 0. The van der Waals surface area contributed by atoms with Crippen molar-refractivity contribution in [3.63, 3.8) is 0 Å². The number of hydrogen-bond acceptors (Lipinski definition) is 4. The van der Waals surface area contributed by atoms with Crippen molar-refractivity contribution in [3.05, 3.63) is 44.1 Å². The maximum atomic E-state index is 11.8. The Bertz CT molecular complexity index is 643. The molecule has 0 unspecified atom stereocenters. The zero-order valence-corrected chi connectivity index (χ0v) is 8.90. The summed E-state index contributed by atoms with van der Waals surface area (Å²) < 4.78 is 5.76. The van der Waals surface area contributed by atoms with Gasteiger partial charge in [-0.15, -0.1) is 0 Å². The molecule has 1 heterocycles. The van der Waals surface area contributed by atoms with E-state index >= 15 is 0 Å². The van der Waals surface area contributed by atoms with E-state index in [1.54, 1.807) is 0 Å². The van der Waals surface area contributed by atoms with Gasteiger partial charge in [-0.25, -0.2) is 9.36 Å². The predicted octanol–water partition coefficient (Wildman–Crippen LogP) is 0.600. The Morgan fingerprint density at radius 3 is 2.81 bits per heavy atom. The number of hydrogen-bond donors (Lipinski definition) is 1. The van der Waals surface area contributed by atoms with Crippen LogP contribution in [-0.2, 0) is 6.54 Å². The summed E-state index contributed by atoms with van der Waals surface area (Å²) >= 11 is 5.71. The van der Waals surface area contributed by atoms with Crippen LogP contribution in [0.5, 0.6) is 0 Å². The predicted molar refractivity (Wildman–Crippen MR) is 58.8 cm³/mol. The average Bonchev–Trinajstić information content (AvgIpc) is 2.23. The maximum Gasteiger partial charge on any atom is 0.422 e. The number of aliphatic hydroxyl groups excluding tert-OH is 1. The highest BCUT2D eigenvalue weighted by atomic mass is 35.5. The van der Waals surface area contributed by atoms with E-state index in [1.165, 1.54) is 18.2 Å². The van der Waals surface area contributed by atoms with E-state index in [0.717, 1.165) is 4.57 Å². The highest BCUT2D eigenvalue weighted by Crippen LogP contribution is 2.14. The molecule has 0 radical (unpaired) electrons. The minimum atomic E-state index is -0.797. The molecule has 2 aromatic rings. The Labute approximate surface area is 94.5 Å². The third kappa shape index (κ3) is 1.75. The molecule has 0 aliphatic rings. The lowest BCUT2D eigenvalue weighted by molar-refractivity contribution is 0.265. The summed E-state index contributed by atoms with van der Waals surface area (Å²) in [4.78, 5) is 23.2. The average molecular weight is 242 g/mol. The number of aliphatic hydroxyl groups is 1. The molecule has 0 fully saturated rings. The van der Waals surface area contributed by atoms with Crippen molar-refractivity contribution in [2.24, 2.45) is 0 Å². The standard InChI is InChI=1S/C10H8ClNO4/c11-6-1-2-7-8(5-6)16-10(15)12(3-4-13)9(7)14/h1-2,5,13H,3-4H2. The number of halogens is 1. The summed E-state index contributed by atoms with van der Waals surface area (Å²) in [5.74, 6) is -0.797. The molecule has 0 bridgehead atoms. The second-order valence-electron chi connectivity index (χ2n) is 3.19. The first-order chi connectivity index (χ1) is 7.63. The number of nitrogens with zero attached hydrogens (tertiary/aromatic N) is 1. The summed E-state index contributed by atoms with van der Waals surface area (Å²) in [5, 5.41) is 9.37. The van der Waals surface area contributed by atoms with Gasteiger partial charge in [0.15, 0.2) is 0 Å². The lowest BCUT2D eigenvalue weighted by Gasteiger charge is -2.02. The Morgan fingerprint density at radius 2 is 2.12 bits per heavy atom. The van der Waals surface area contributed by atoms with Crippen LogP contribution in [0.25, 0.3) is 11.0 Å². The second-order valence-corrected chi connectivity index (χ2v) is 3.63. The molecule has 6 heteroatoms. The first kappa shape index (κ1) is 10.9. The van der Waals surface area contributed by atoms with Gasteiger partial charge < -0.3 is 9.52 Å². The largest absolute Gasteiger partial charge is 0.422 e. The molecule has 1 N–H and O–H groups in total. The van der Waals surface area contributed by atoms with Gasteiger partial charge in [0.2, 0.25) is 0 Å². The zero-order chi connectivity index (χ0) is 11.7. The van der Waals surface area contributed by atoms with Crippen molar-refractivity contribution in [1.82, 2.24) is 4.57 Å². The minimum absolute atomic E-state index is 0.0836. The normalized spacial score (nSPS) is 10.9. The van der Waals surface area contributed by atoms with Gasteiger partial charge in [0, 0.05) is 11.1 Å². The molecule has 0 amide bonds. The van der Waals surface area contributed by atoms with Gasteiger partial charge >= 0.3 is 5.76 Å². The Balaban J connectivity index is 2.84. The molecule has 1 aromatic heterocycles. The lowest BCUT2D eigenvalue weighted by Crippen LogP contribution is -2.33. The molecule has 0 spiro atoms. The molecule has 0 aliphatic heterocycles. The van der Waals surface area contributed by atoms with E-state index in [4.69, 9.17) is 21.1 Å². The lowest BCUT2D eigenvalue weighted by atomic mass is 10.2. The zero-order valence-electron chi connectivity index (χ0n) is 8.14. The molecule has 0 saturated heterocycles. The van der Waals surface area contributed by atoms with E-state index in [1.807, 2.05) is 0 Å². The van der Waals surface area contributed by atoms with E-state index in [2.05, 4.69) is 0 Å². The topological polar surface area (TPSA) is 72.4 Å².